The van der Waals surface area contributed by atoms with Crippen LogP contribution in [0.1, 0.15) is 24.7 Å². The highest BCUT2D eigenvalue weighted by Gasteiger charge is 2.01. The van der Waals surface area contributed by atoms with Crippen LogP contribution in [0.4, 0.5) is 0 Å². The van der Waals surface area contributed by atoms with Crippen LogP contribution >= 0.6 is 0 Å². The number of guanidine groups is 1. The first kappa shape index (κ1) is 16.8. The van der Waals surface area contributed by atoms with E-state index in [1.54, 1.807) is 16.8 Å². The lowest BCUT2D eigenvalue weighted by Crippen LogP contribution is -2.38. The number of aromatic hydroxyl groups is 1. The second-order valence-electron chi connectivity index (χ2n) is 5.19. The fourth-order valence-corrected chi connectivity index (χ4v) is 2.12. The van der Waals surface area contributed by atoms with Crippen molar-refractivity contribution in [3.8, 4) is 5.75 Å². The van der Waals surface area contributed by atoms with Gasteiger partial charge in [0.05, 0.1) is 0 Å². The average Bonchev–Trinajstić information content (AvgIpc) is 2.96. The number of aryl methyl sites for hydroxylation is 2. The zero-order chi connectivity index (χ0) is 16.5. The summed E-state index contributed by atoms with van der Waals surface area (Å²) in [6, 6.07) is 7.33. The third-order valence-electron chi connectivity index (χ3n) is 3.40. The Bertz CT molecular complexity index is 620. The SMILES string of the molecule is CCNC(=NCc1ncnn1C)NCCCc1ccc(O)cc1. The number of rotatable bonds is 7. The molecule has 0 spiro atoms. The molecule has 1 aromatic heterocycles. The Kier molecular flexibility index (Phi) is 6.40. The van der Waals surface area contributed by atoms with Gasteiger partial charge in [-0.25, -0.2) is 9.98 Å². The van der Waals surface area contributed by atoms with Crippen molar-refractivity contribution >= 4 is 5.96 Å². The molecule has 124 valence electrons. The van der Waals surface area contributed by atoms with Crippen LogP contribution in [0.15, 0.2) is 35.6 Å². The summed E-state index contributed by atoms with van der Waals surface area (Å²) in [5.41, 5.74) is 1.21. The summed E-state index contributed by atoms with van der Waals surface area (Å²) in [5, 5.41) is 19.8. The van der Waals surface area contributed by atoms with Gasteiger partial charge in [0.15, 0.2) is 5.96 Å². The summed E-state index contributed by atoms with van der Waals surface area (Å²) >= 11 is 0. The van der Waals surface area contributed by atoms with E-state index in [4.69, 9.17) is 0 Å². The molecule has 0 saturated carbocycles. The van der Waals surface area contributed by atoms with Gasteiger partial charge in [-0.3, -0.25) is 4.68 Å². The van der Waals surface area contributed by atoms with Gasteiger partial charge in [-0.05, 0) is 37.5 Å². The number of phenols is 1. The number of nitrogens with zero attached hydrogens (tertiary/aromatic N) is 4. The molecule has 1 heterocycles. The molecule has 0 aliphatic rings. The zero-order valence-corrected chi connectivity index (χ0v) is 13.7. The average molecular weight is 316 g/mol. The van der Waals surface area contributed by atoms with Crippen molar-refractivity contribution in [1.29, 1.82) is 0 Å². The van der Waals surface area contributed by atoms with Crippen LogP contribution in [-0.2, 0) is 20.0 Å². The van der Waals surface area contributed by atoms with Gasteiger partial charge in [0.2, 0.25) is 0 Å². The van der Waals surface area contributed by atoms with Gasteiger partial charge in [0.25, 0.3) is 0 Å². The first-order chi connectivity index (χ1) is 11.2. The second-order valence-corrected chi connectivity index (χ2v) is 5.19. The van der Waals surface area contributed by atoms with Gasteiger partial charge in [-0.1, -0.05) is 12.1 Å². The molecule has 23 heavy (non-hydrogen) atoms. The van der Waals surface area contributed by atoms with Crippen molar-refractivity contribution in [2.75, 3.05) is 13.1 Å². The molecule has 0 atom stereocenters. The maximum Gasteiger partial charge on any atom is 0.191 e. The van der Waals surface area contributed by atoms with Crippen molar-refractivity contribution < 1.29 is 5.11 Å². The molecule has 0 radical (unpaired) electrons. The third kappa shape index (κ3) is 5.61. The van der Waals surface area contributed by atoms with Crippen LogP contribution < -0.4 is 10.6 Å². The molecule has 2 rings (SSSR count). The van der Waals surface area contributed by atoms with E-state index in [1.807, 2.05) is 26.1 Å². The summed E-state index contributed by atoms with van der Waals surface area (Å²) in [5.74, 6) is 1.91. The van der Waals surface area contributed by atoms with E-state index >= 15 is 0 Å². The zero-order valence-electron chi connectivity index (χ0n) is 13.7. The lowest BCUT2D eigenvalue weighted by molar-refractivity contribution is 0.475. The fourth-order valence-electron chi connectivity index (χ4n) is 2.12. The molecule has 0 aliphatic carbocycles. The third-order valence-corrected chi connectivity index (χ3v) is 3.40. The Morgan fingerprint density at radius 2 is 2.04 bits per heavy atom. The van der Waals surface area contributed by atoms with Crippen LogP contribution in [0.25, 0.3) is 0 Å². The summed E-state index contributed by atoms with van der Waals surface area (Å²) in [6.45, 7) is 4.16. The van der Waals surface area contributed by atoms with E-state index in [0.29, 0.717) is 12.3 Å². The number of hydrogen-bond acceptors (Lipinski definition) is 4. The molecular formula is C16H24N6O. The Morgan fingerprint density at radius 1 is 1.26 bits per heavy atom. The van der Waals surface area contributed by atoms with E-state index in [2.05, 4.69) is 25.7 Å². The van der Waals surface area contributed by atoms with Crippen molar-refractivity contribution in [2.24, 2.45) is 12.0 Å². The molecular weight excluding hydrogens is 292 g/mol. The minimum atomic E-state index is 0.303. The second kappa shape index (κ2) is 8.77. The van der Waals surface area contributed by atoms with Gasteiger partial charge in [0.1, 0.15) is 24.4 Å². The Labute approximate surface area is 136 Å². The molecule has 0 saturated heterocycles. The van der Waals surface area contributed by atoms with Gasteiger partial charge in [-0.15, -0.1) is 0 Å². The highest BCUT2D eigenvalue weighted by Crippen LogP contribution is 2.10. The first-order valence-electron chi connectivity index (χ1n) is 7.82. The topological polar surface area (TPSA) is 87.4 Å². The highest BCUT2D eigenvalue weighted by atomic mass is 16.3. The van der Waals surface area contributed by atoms with Crippen LogP contribution in [-0.4, -0.2) is 38.9 Å². The number of aromatic nitrogens is 3. The van der Waals surface area contributed by atoms with Gasteiger partial charge < -0.3 is 15.7 Å². The molecule has 1 aromatic carbocycles. The summed E-state index contributed by atoms with van der Waals surface area (Å²) in [7, 11) is 1.86. The molecule has 3 N–H and O–H groups in total. The Balaban J connectivity index is 1.77. The maximum atomic E-state index is 9.27. The standard InChI is InChI=1S/C16H24N6O/c1-3-17-16(19-11-15-20-12-21-22(15)2)18-10-4-5-13-6-8-14(23)9-7-13/h6-9,12,23H,3-5,10-11H2,1-2H3,(H2,17,18,19). The molecule has 7 heteroatoms. The van der Waals surface area contributed by atoms with E-state index in [-0.39, 0.29) is 0 Å². The Morgan fingerprint density at radius 3 is 2.70 bits per heavy atom. The summed E-state index contributed by atoms with van der Waals surface area (Å²) < 4.78 is 1.72. The van der Waals surface area contributed by atoms with E-state index in [1.165, 1.54) is 11.9 Å². The molecule has 0 bridgehead atoms. The summed E-state index contributed by atoms with van der Waals surface area (Å²) in [6.07, 6.45) is 3.47. The van der Waals surface area contributed by atoms with Crippen LogP contribution in [0.3, 0.4) is 0 Å². The molecule has 0 aliphatic heterocycles. The predicted molar refractivity (Wildman–Crippen MR) is 90.2 cm³/mol. The maximum absolute atomic E-state index is 9.27. The number of phenolic OH excluding ortho intramolecular Hbond substituents is 1. The van der Waals surface area contributed by atoms with E-state index in [9.17, 15) is 5.11 Å². The van der Waals surface area contributed by atoms with Crippen molar-refractivity contribution in [3.63, 3.8) is 0 Å². The van der Waals surface area contributed by atoms with Crippen molar-refractivity contribution in [2.45, 2.75) is 26.3 Å². The molecule has 0 unspecified atom stereocenters. The fraction of sp³-hybridized carbons (Fsp3) is 0.438. The van der Waals surface area contributed by atoms with Crippen molar-refractivity contribution in [1.82, 2.24) is 25.4 Å². The largest absolute Gasteiger partial charge is 0.508 e. The number of benzene rings is 1. The first-order valence-corrected chi connectivity index (χ1v) is 7.82. The molecule has 0 fully saturated rings. The molecule has 0 amide bonds. The number of aliphatic imine (C=N–C) groups is 1. The van der Waals surface area contributed by atoms with Gasteiger partial charge in [-0.2, -0.15) is 5.10 Å². The van der Waals surface area contributed by atoms with Crippen LogP contribution in [0.2, 0.25) is 0 Å². The lowest BCUT2D eigenvalue weighted by Gasteiger charge is -2.11. The quantitative estimate of drug-likeness (QED) is 0.406. The van der Waals surface area contributed by atoms with Gasteiger partial charge >= 0.3 is 0 Å². The summed E-state index contributed by atoms with van der Waals surface area (Å²) in [4.78, 5) is 8.67. The molecule has 7 nitrogen and oxygen atoms in total. The normalized spacial score (nSPS) is 11.5. The Hall–Kier alpha value is -2.57. The minimum Gasteiger partial charge on any atom is -0.508 e. The van der Waals surface area contributed by atoms with Crippen LogP contribution in [0.5, 0.6) is 5.75 Å². The van der Waals surface area contributed by atoms with Crippen LogP contribution in [0, 0.1) is 0 Å². The van der Waals surface area contributed by atoms with Crippen molar-refractivity contribution in [3.05, 3.63) is 42.0 Å². The predicted octanol–water partition coefficient (Wildman–Crippen LogP) is 1.21. The number of nitrogens with one attached hydrogen (secondary N) is 2. The lowest BCUT2D eigenvalue weighted by atomic mass is 10.1. The van der Waals surface area contributed by atoms with Gasteiger partial charge in [0, 0.05) is 20.1 Å². The highest BCUT2D eigenvalue weighted by molar-refractivity contribution is 5.79. The molecule has 2 aromatic rings. The monoisotopic (exact) mass is 316 g/mol. The van der Waals surface area contributed by atoms with E-state index in [0.717, 1.165) is 37.7 Å². The van der Waals surface area contributed by atoms with E-state index < -0.39 is 0 Å². The minimum absolute atomic E-state index is 0.303. The number of hydrogen-bond donors (Lipinski definition) is 3. The smallest absolute Gasteiger partial charge is 0.191 e.